The molecule has 1 N–H and O–H groups in total. The maximum atomic E-state index is 12.5. The number of morpholine rings is 1. The highest BCUT2D eigenvalue weighted by molar-refractivity contribution is 5.36. The molecular weight excluding hydrogens is 306 g/mol. The third kappa shape index (κ3) is 3.76. The molecule has 0 spiro atoms. The second-order valence-electron chi connectivity index (χ2n) is 5.81. The Morgan fingerprint density at radius 2 is 1.96 bits per heavy atom. The van der Waals surface area contributed by atoms with Gasteiger partial charge in [-0.3, -0.25) is 9.78 Å². The SMILES string of the molecule is CCOc1ccc(Cc2c(C)nc(N3CCOCC3)[nH]c2=O)cc1. The minimum absolute atomic E-state index is 0.0714. The van der Waals surface area contributed by atoms with Crippen molar-refractivity contribution in [3.8, 4) is 5.75 Å². The standard InChI is InChI=1S/C18H23N3O3/c1-3-24-15-6-4-14(5-7-15)12-16-13(2)19-18(20-17(16)22)21-8-10-23-11-9-21/h4-7H,3,8-12H2,1-2H3,(H,19,20,22). The number of H-pyrrole nitrogens is 1. The van der Waals surface area contributed by atoms with Gasteiger partial charge in [0.05, 0.1) is 25.5 Å². The van der Waals surface area contributed by atoms with Crippen molar-refractivity contribution in [2.75, 3.05) is 37.8 Å². The van der Waals surface area contributed by atoms with E-state index in [1.807, 2.05) is 38.1 Å². The number of aromatic amines is 1. The maximum absolute atomic E-state index is 12.5. The van der Waals surface area contributed by atoms with Crippen LogP contribution >= 0.6 is 0 Å². The van der Waals surface area contributed by atoms with Crippen LogP contribution in [0.25, 0.3) is 0 Å². The molecule has 6 heteroatoms. The third-order valence-electron chi connectivity index (χ3n) is 4.14. The fraction of sp³-hybridized carbons (Fsp3) is 0.444. The summed E-state index contributed by atoms with van der Waals surface area (Å²) in [6.07, 6.45) is 0.559. The van der Waals surface area contributed by atoms with Crippen molar-refractivity contribution < 1.29 is 9.47 Å². The fourth-order valence-electron chi connectivity index (χ4n) is 2.80. The Bertz CT molecular complexity index is 734. The quantitative estimate of drug-likeness (QED) is 0.907. The van der Waals surface area contributed by atoms with Crippen molar-refractivity contribution in [2.45, 2.75) is 20.3 Å². The van der Waals surface area contributed by atoms with Crippen LogP contribution in [-0.2, 0) is 11.2 Å². The molecule has 128 valence electrons. The molecular formula is C18H23N3O3. The minimum Gasteiger partial charge on any atom is -0.494 e. The highest BCUT2D eigenvalue weighted by Gasteiger charge is 2.16. The fourth-order valence-corrected chi connectivity index (χ4v) is 2.80. The summed E-state index contributed by atoms with van der Waals surface area (Å²) in [5.41, 5.74) is 2.47. The first-order valence-corrected chi connectivity index (χ1v) is 8.31. The summed E-state index contributed by atoms with van der Waals surface area (Å²) in [4.78, 5) is 22.1. The van der Waals surface area contributed by atoms with E-state index in [-0.39, 0.29) is 5.56 Å². The Morgan fingerprint density at radius 3 is 2.58 bits per heavy atom. The monoisotopic (exact) mass is 329 g/mol. The summed E-state index contributed by atoms with van der Waals surface area (Å²) >= 11 is 0. The zero-order chi connectivity index (χ0) is 16.9. The lowest BCUT2D eigenvalue weighted by Crippen LogP contribution is -2.38. The van der Waals surface area contributed by atoms with Crippen molar-refractivity contribution in [1.29, 1.82) is 0 Å². The topological polar surface area (TPSA) is 67.5 Å². The summed E-state index contributed by atoms with van der Waals surface area (Å²) < 4.78 is 10.8. The number of nitrogens with one attached hydrogen (secondary N) is 1. The summed E-state index contributed by atoms with van der Waals surface area (Å²) in [5, 5.41) is 0. The van der Waals surface area contributed by atoms with Gasteiger partial charge >= 0.3 is 0 Å². The molecule has 0 unspecified atom stereocenters. The second-order valence-corrected chi connectivity index (χ2v) is 5.81. The van der Waals surface area contributed by atoms with Gasteiger partial charge in [0.15, 0.2) is 0 Å². The lowest BCUT2D eigenvalue weighted by Gasteiger charge is -2.27. The van der Waals surface area contributed by atoms with E-state index < -0.39 is 0 Å². The van der Waals surface area contributed by atoms with Crippen LogP contribution in [0.4, 0.5) is 5.95 Å². The van der Waals surface area contributed by atoms with Crippen LogP contribution < -0.4 is 15.2 Å². The molecule has 3 rings (SSSR count). The zero-order valence-corrected chi connectivity index (χ0v) is 14.2. The molecule has 1 aromatic heterocycles. The van der Waals surface area contributed by atoms with Gasteiger partial charge in [0.2, 0.25) is 5.95 Å². The molecule has 0 radical (unpaired) electrons. The number of aromatic nitrogens is 2. The van der Waals surface area contributed by atoms with Crippen LogP contribution in [0.5, 0.6) is 5.75 Å². The van der Waals surface area contributed by atoms with Crippen LogP contribution in [0.2, 0.25) is 0 Å². The van der Waals surface area contributed by atoms with E-state index in [4.69, 9.17) is 9.47 Å². The van der Waals surface area contributed by atoms with E-state index in [1.165, 1.54) is 0 Å². The number of hydrogen-bond acceptors (Lipinski definition) is 5. The predicted molar refractivity (Wildman–Crippen MR) is 93.0 cm³/mol. The van der Waals surface area contributed by atoms with Crippen molar-refractivity contribution >= 4 is 5.95 Å². The molecule has 24 heavy (non-hydrogen) atoms. The van der Waals surface area contributed by atoms with Crippen molar-refractivity contribution in [3.63, 3.8) is 0 Å². The Labute approximate surface area is 141 Å². The van der Waals surface area contributed by atoms with E-state index >= 15 is 0 Å². The molecule has 0 saturated carbocycles. The van der Waals surface area contributed by atoms with Crippen LogP contribution in [-0.4, -0.2) is 42.9 Å². The van der Waals surface area contributed by atoms with Gasteiger partial charge in [-0.2, -0.15) is 0 Å². The van der Waals surface area contributed by atoms with E-state index in [0.717, 1.165) is 30.1 Å². The minimum atomic E-state index is -0.0714. The number of nitrogens with zero attached hydrogens (tertiary/aromatic N) is 2. The Balaban J connectivity index is 1.79. The van der Waals surface area contributed by atoms with E-state index in [1.54, 1.807) is 0 Å². The molecule has 6 nitrogen and oxygen atoms in total. The lowest BCUT2D eigenvalue weighted by molar-refractivity contribution is 0.122. The summed E-state index contributed by atoms with van der Waals surface area (Å²) in [6, 6.07) is 7.83. The molecule has 0 aliphatic carbocycles. The Kier molecular flexibility index (Phi) is 5.15. The number of benzene rings is 1. The summed E-state index contributed by atoms with van der Waals surface area (Å²) in [7, 11) is 0. The number of anilines is 1. The van der Waals surface area contributed by atoms with Gasteiger partial charge in [-0.1, -0.05) is 12.1 Å². The normalized spacial score (nSPS) is 14.7. The molecule has 0 amide bonds. The first kappa shape index (κ1) is 16.5. The van der Waals surface area contributed by atoms with Gasteiger partial charge in [-0.15, -0.1) is 0 Å². The first-order chi connectivity index (χ1) is 11.7. The van der Waals surface area contributed by atoms with Crippen LogP contribution in [0.3, 0.4) is 0 Å². The molecule has 1 aliphatic rings. The van der Waals surface area contributed by atoms with E-state index in [9.17, 15) is 4.79 Å². The molecule has 2 heterocycles. The number of ether oxygens (including phenoxy) is 2. The molecule has 1 aliphatic heterocycles. The molecule has 0 bridgehead atoms. The first-order valence-electron chi connectivity index (χ1n) is 8.31. The molecule has 1 saturated heterocycles. The largest absolute Gasteiger partial charge is 0.494 e. The Morgan fingerprint density at radius 1 is 1.25 bits per heavy atom. The van der Waals surface area contributed by atoms with Gasteiger partial charge in [0.25, 0.3) is 5.56 Å². The van der Waals surface area contributed by atoms with Gasteiger partial charge in [0.1, 0.15) is 5.75 Å². The average Bonchev–Trinajstić information content (AvgIpc) is 2.60. The smallest absolute Gasteiger partial charge is 0.256 e. The molecule has 0 atom stereocenters. The molecule has 1 fully saturated rings. The average molecular weight is 329 g/mol. The highest BCUT2D eigenvalue weighted by atomic mass is 16.5. The van der Waals surface area contributed by atoms with Crippen molar-refractivity contribution in [1.82, 2.24) is 9.97 Å². The summed E-state index contributed by atoms with van der Waals surface area (Å²) in [6.45, 7) is 7.32. The van der Waals surface area contributed by atoms with E-state index in [2.05, 4.69) is 14.9 Å². The van der Waals surface area contributed by atoms with Gasteiger partial charge in [-0.05, 0) is 31.5 Å². The van der Waals surface area contributed by atoms with Crippen LogP contribution in [0, 0.1) is 6.92 Å². The maximum Gasteiger partial charge on any atom is 0.256 e. The lowest BCUT2D eigenvalue weighted by atomic mass is 10.1. The number of rotatable bonds is 5. The second kappa shape index (κ2) is 7.49. The van der Waals surface area contributed by atoms with Crippen molar-refractivity contribution in [2.24, 2.45) is 0 Å². The Hall–Kier alpha value is -2.34. The molecule has 1 aromatic carbocycles. The number of hydrogen-bond donors (Lipinski definition) is 1. The third-order valence-corrected chi connectivity index (χ3v) is 4.14. The molecule has 2 aromatic rings. The summed E-state index contributed by atoms with van der Waals surface area (Å²) in [5.74, 6) is 1.48. The van der Waals surface area contributed by atoms with E-state index in [0.29, 0.717) is 37.8 Å². The number of aryl methyl sites for hydroxylation is 1. The van der Waals surface area contributed by atoms with Gasteiger partial charge in [0, 0.05) is 25.1 Å². The zero-order valence-electron chi connectivity index (χ0n) is 14.2. The van der Waals surface area contributed by atoms with Crippen LogP contribution in [0.1, 0.15) is 23.7 Å². The van der Waals surface area contributed by atoms with Crippen LogP contribution in [0.15, 0.2) is 29.1 Å². The highest BCUT2D eigenvalue weighted by Crippen LogP contribution is 2.16. The van der Waals surface area contributed by atoms with Gasteiger partial charge < -0.3 is 14.4 Å². The predicted octanol–water partition coefficient (Wildman–Crippen LogP) is 1.90. The van der Waals surface area contributed by atoms with Crippen molar-refractivity contribution in [3.05, 3.63) is 51.4 Å². The van der Waals surface area contributed by atoms with Gasteiger partial charge in [-0.25, -0.2) is 4.98 Å².